The zero-order chi connectivity index (χ0) is 19.8. The van der Waals surface area contributed by atoms with Crippen molar-refractivity contribution in [3.05, 3.63) is 0 Å². The number of ether oxygens (including phenoxy) is 2. The summed E-state index contributed by atoms with van der Waals surface area (Å²) in [4.78, 5) is 28.5. The molecule has 0 aromatic rings. The highest BCUT2D eigenvalue weighted by Crippen LogP contribution is 2.46. The quantitative estimate of drug-likeness (QED) is 0.348. The van der Waals surface area contributed by atoms with Gasteiger partial charge in [-0.1, -0.05) is 21.6 Å². The Bertz CT molecular complexity index is 553. The van der Waals surface area contributed by atoms with Crippen molar-refractivity contribution < 1.29 is 19.1 Å². The third kappa shape index (κ3) is 4.20. The maximum atomic E-state index is 11.8. The number of nitrogens with zero attached hydrogens (tertiary/aromatic N) is 2. The fraction of sp³-hybridized carbons (Fsp3) is 0.900. The summed E-state index contributed by atoms with van der Waals surface area (Å²) in [5, 5.41) is 0. The highest BCUT2D eigenvalue weighted by atomic mass is 33.1. The topological polar surface area (TPSA) is 59.1 Å². The Morgan fingerprint density at radius 1 is 0.786 bits per heavy atom. The van der Waals surface area contributed by atoms with Crippen molar-refractivity contribution in [2.45, 2.75) is 50.7 Å². The van der Waals surface area contributed by atoms with Gasteiger partial charge in [0.05, 0.1) is 0 Å². The van der Waals surface area contributed by atoms with Crippen molar-refractivity contribution in [1.82, 2.24) is 9.80 Å². The van der Waals surface area contributed by atoms with Crippen LogP contribution in [0.1, 0.15) is 39.5 Å². The van der Waals surface area contributed by atoms with Gasteiger partial charge in [-0.25, -0.2) is 0 Å². The second-order valence-electron chi connectivity index (χ2n) is 8.94. The Balaban J connectivity index is 1.37. The molecule has 0 aliphatic carbocycles. The van der Waals surface area contributed by atoms with E-state index in [-0.39, 0.29) is 23.1 Å². The van der Waals surface area contributed by atoms with Crippen molar-refractivity contribution in [3.63, 3.8) is 0 Å². The van der Waals surface area contributed by atoms with E-state index >= 15 is 0 Å². The first-order valence-corrected chi connectivity index (χ1v) is 13.0. The number of hydrogen-bond acceptors (Lipinski definition) is 8. The lowest BCUT2D eigenvalue weighted by Crippen LogP contribution is -2.62. The summed E-state index contributed by atoms with van der Waals surface area (Å²) in [6, 6.07) is 0. The van der Waals surface area contributed by atoms with Gasteiger partial charge in [0, 0.05) is 50.3 Å². The zero-order valence-corrected chi connectivity index (χ0v) is 18.6. The molecular formula is C20H32N2O4S2. The van der Waals surface area contributed by atoms with Crippen molar-refractivity contribution in [2.75, 3.05) is 50.8 Å². The molecule has 0 N–H and O–H groups in total. The first kappa shape index (κ1) is 20.8. The third-order valence-corrected chi connectivity index (χ3v) is 9.62. The van der Waals surface area contributed by atoms with E-state index in [9.17, 15) is 9.59 Å². The molecule has 6 nitrogen and oxygen atoms in total. The van der Waals surface area contributed by atoms with Crippen LogP contribution in [-0.2, 0) is 19.1 Å². The minimum Gasteiger partial charge on any atom is -0.457 e. The van der Waals surface area contributed by atoms with Crippen LogP contribution in [0, 0.1) is 11.8 Å². The van der Waals surface area contributed by atoms with Crippen molar-refractivity contribution in [1.29, 1.82) is 0 Å². The largest absolute Gasteiger partial charge is 0.457 e. The second-order valence-corrected chi connectivity index (χ2v) is 11.4. The molecule has 4 bridgehead atoms. The fourth-order valence-corrected chi connectivity index (χ4v) is 8.76. The number of carbonyl (C=O) groups excluding carboxylic acids is 2. The van der Waals surface area contributed by atoms with Crippen LogP contribution >= 0.6 is 21.6 Å². The first-order chi connectivity index (χ1) is 13.4. The van der Waals surface area contributed by atoms with E-state index in [1.807, 2.05) is 0 Å². The second kappa shape index (κ2) is 8.36. The summed E-state index contributed by atoms with van der Waals surface area (Å²) in [7, 11) is 3.58. The van der Waals surface area contributed by atoms with Crippen LogP contribution in [0.4, 0.5) is 0 Å². The molecule has 6 heterocycles. The highest BCUT2D eigenvalue weighted by Gasteiger charge is 2.51. The smallest absolute Gasteiger partial charge is 0.303 e. The van der Waals surface area contributed by atoms with Gasteiger partial charge in [0.1, 0.15) is 11.2 Å². The van der Waals surface area contributed by atoms with E-state index in [4.69, 9.17) is 9.47 Å². The van der Waals surface area contributed by atoms with Crippen LogP contribution in [0.15, 0.2) is 0 Å². The summed E-state index contributed by atoms with van der Waals surface area (Å²) >= 11 is 0. The van der Waals surface area contributed by atoms with Gasteiger partial charge in [0.25, 0.3) is 0 Å². The lowest BCUT2D eigenvalue weighted by atomic mass is 9.76. The predicted molar refractivity (Wildman–Crippen MR) is 112 cm³/mol. The molecule has 0 spiro atoms. The van der Waals surface area contributed by atoms with Crippen LogP contribution in [0.5, 0.6) is 0 Å². The standard InChI is InChI=1S/C20H32N2O4S2/c1-15(23)25-19(11-21-7-3-17(19)4-8-21)13-27-28-14-20(26-16(2)24)12-22-9-5-18(20)6-10-22/h17-18H,3-14H2,1-2H3. The SMILES string of the molecule is CC(=O)OC1(CSSCC2(OC(C)=O)CN3CCC2CC3)CN2CCC1CC2. The summed E-state index contributed by atoms with van der Waals surface area (Å²) in [6.07, 6.45) is 4.47. The van der Waals surface area contributed by atoms with Gasteiger partial charge >= 0.3 is 11.9 Å². The Morgan fingerprint density at radius 3 is 1.39 bits per heavy atom. The maximum Gasteiger partial charge on any atom is 0.303 e. The fourth-order valence-electron chi connectivity index (χ4n) is 5.72. The monoisotopic (exact) mass is 428 g/mol. The number of esters is 2. The molecule has 6 fully saturated rings. The molecule has 0 saturated carbocycles. The molecule has 0 aromatic carbocycles. The predicted octanol–water partition coefficient (Wildman–Crippen LogP) is 2.42. The van der Waals surface area contributed by atoms with Gasteiger partial charge in [-0.15, -0.1) is 0 Å². The van der Waals surface area contributed by atoms with Gasteiger partial charge in [0.15, 0.2) is 0 Å². The molecule has 2 atom stereocenters. The Kier molecular flexibility index (Phi) is 6.22. The Hall–Kier alpha value is -0.440. The summed E-state index contributed by atoms with van der Waals surface area (Å²) < 4.78 is 11.9. The zero-order valence-electron chi connectivity index (χ0n) is 17.0. The molecule has 6 rings (SSSR count). The number of fused-ring (bicyclic) bond motifs is 6. The van der Waals surface area contributed by atoms with Crippen LogP contribution < -0.4 is 0 Å². The molecule has 158 valence electrons. The van der Waals surface area contributed by atoms with Crippen molar-refractivity contribution in [2.24, 2.45) is 11.8 Å². The van der Waals surface area contributed by atoms with Gasteiger partial charge < -0.3 is 9.47 Å². The summed E-state index contributed by atoms with van der Waals surface area (Å²) in [5.41, 5.74) is -0.715. The average molecular weight is 429 g/mol. The van der Waals surface area contributed by atoms with Crippen LogP contribution in [0.25, 0.3) is 0 Å². The summed E-state index contributed by atoms with van der Waals surface area (Å²) in [6.45, 7) is 9.26. The molecule has 6 aliphatic heterocycles. The minimum atomic E-state index is -0.357. The van der Waals surface area contributed by atoms with Gasteiger partial charge in [0.2, 0.25) is 0 Å². The molecule has 0 amide bonds. The van der Waals surface area contributed by atoms with E-state index in [0.29, 0.717) is 11.8 Å². The van der Waals surface area contributed by atoms with E-state index in [1.165, 1.54) is 13.8 Å². The number of carbonyl (C=O) groups is 2. The normalized spacial score (nSPS) is 41.6. The molecule has 6 saturated heterocycles. The Labute approximate surface area is 175 Å². The number of piperidine rings is 6. The van der Waals surface area contributed by atoms with Crippen LogP contribution in [0.2, 0.25) is 0 Å². The highest BCUT2D eigenvalue weighted by molar-refractivity contribution is 8.76. The molecule has 8 heteroatoms. The lowest BCUT2D eigenvalue weighted by Gasteiger charge is -2.53. The lowest BCUT2D eigenvalue weighted by molar-refractivity contribution is -0.176. The van der Waals surface area contributed by atoms with Gasteiger partial charge in [-0.2, -0.15) is 0 Å². The number of rotatable bonds is 7. The molecule has 6 aliphatic rings. The van der Waals surface area contributed by atoms with Gasteiger partial charge in [-0.05, 0) is 51.9 Å². The molecule has 2 unspecified atom stereocenters. The first-order valence-electron chi connectivity index (χ1n) is 10.5. The average Bonchev–Trinajstić information content (AvgIpc) is 2.66. The minimum absolute atomic E-state index is 0.173. The molecule has 28 heavy (non-hydrogen) atoms. The van der Waals surface area contributed by atoms with Gasteiger partial charge in [-0.3, -0.25) is 19.4 Å². The van der Waals surface area contributed by atoms with E-state index in [0.717, 1.165) is 76.5 Å². The molecule has 0 radical (unpaired) electrons. The van der Waals surface area contributed by atoms with Crippen molar-refractivity contribution in [3.8, 4) is 0 Å². The maximum absolute atomic E-state index is 11.8. The van der Waals surface area contributed by atoms with Crippen molar-refractivity contribution >= 4 is 33.5 Å². The Morgan fingerprint density at radius 2 is 1.14 bits per heavy atom. The van der Waals surface area contributed by atoms with Crippen LogP contribution in [0.3, 0.4) is 0 Å². The van der Waals surface area contributed by atoms with E-state index < -0.39 is 0 Å². The third-order valence-electron chi connectivity index (χ3n) is 7.03. The van der Waals surface area contributed by atoms with E-state index in [2.05, 4.69) is 9.80 Å². The molecular weight excluding hydrogens is 396 g/mol. The summed E-state index contributed by atoms with van der Waals surface area (Å²) in [5.74, 6) is 2.20. The number of hydrogen-bond donors (Lipinski definition) is 0. The molecule has 0 aromatic heterocycles. The van der Waals surface area contributed by atoms with E-state index in [1.54, 1.807) is 21.6 Å². The van der Waals surface area contributed by atoms with Crippen LogP contribution in [-0.4, -0.2) is 83.7 Å².